The summed E-state index contributed by atoms with van der Waals surface area (Å²) in [5.74, 6) is 0.514. The normalized spacial score (nSPS) is 22.0. The van der Waals surface area contributed by atoms with Crippen LogP contribution in [0.2, 0.25) is 0 Å². The molecule has 1 aliphatic heterocycles. The van der Waals surface area contributed by atoms with Gasteiger partial charge in [-0.2, -0.15) is 5.16 Å². The van der Waals surface area contributed by atoms with Gasteiger partial charge in [-0.1, -0.05) is 30.3 Å². The van der Waals surface area contributed by atoms with Crippen molar-refractivity contribution in [1.29, 1.82) is 0 Å². The largest absolute Gasteiger partial charge is 0.383 e. The number of aromatic nitrogens is 1. The maximum atomic E-state index is 11.3. The molecular formula is C17H20N2O4. The summed E-state index contributed by atoms with van der Waals surface area (Å²) in [6, 6.07) is 11.7. The molecule has 2 heterocycles. The van der Waals surface area contributed by atoms with Gasteiger partial charge in [-0.15, -0.1) is 5.06 Å². The van der Waals surface area contributed by atoms with Gasteiger partial charge in [0.05, 0.1) is 6.04 Å². The van der Waals surface area contributed by atoms with E-state index in [2.05, 4.69) is 17.3 Å². The number of hydrogen-bond acceptors (Lipinski definition) is 5. The highest BCUT2D eigenvalue weighted by Gasteiger charge is 2.33. The smallest absolute Gasteiger partial charge is 0.322 e. The number of piperidine rings is 1. The third kappa shape index (κ3) is 3.90. The molecule has 122 valence electrons. The van der Waals surface area contributed by atoms with Crippen LogP contribution in [0.4, 0.5) is 0 Å². The highest BCUT2D eigenvalue weighted by molar-refractivity contribution is 5.65. The van der Waals surface area contributed by atoms with Crippen molar-refractivity contribution in [2.45, 2.75) is 38.1 Å². The molecule has 2 atom stereocenters. The molecule has 0 bridgehead atoms. The lowest BCUT2D eigenvalue weighted by molar-refractivity contribution is -0.207. The Morgan fingerprint density at radius 1 is 1.39 bits per heavy atom. The molecule has 0 aliphatic carbocycles. The maximum absolute atomic E-state index is 11.3. The quantitative estimate of drug-likeness (QED) is 0.936. The second-order valence-corrected chi connectivity index (χ2v) is 5.90. The van der Waals surface area contributed by atoms with Crippen LogP contribution in [0.1, 0.15) is 37.0 Å². The predicted octanol–water partition coefficient (Wildman–Crippen LogP) is 2.24. The number of benzene rings is 1. The summed E-state index contributed by atoms with van der Waals surface area (Å²) in [5.41, 5.74) is 0.966. The molecule has 1 fully saturated rings. The van der Waals surface area contributed by atoms with Gasteiger partial charge in [0, 0.05) is 25.5 Å². The van der Waals surface area contributed by atoms with Crippen LogP contribution < -0.4 is 5.56 Å². The van der Waals surface area contributed by atoms with E-state index in [0.717, 1.165) is 19.3 Å². The summed E-state index contributed by atoms with van der Waals surface area (Å²) in [5, 5.41) is 4.10. The monoisotopic (exact) mass is 316 g/mol. The van der Waals surface area contributed by atoms with Crippen molar-refractivity contribution in [1.82, 2.24) is 10.2 Å². The lowest BCUT2D eigenvalue weighted by Gasteiger charge is -2.36. The second kappa shape index (κ2) is 6.83. The fourth-order valence-electron chi connectivity index (χ4n) is 3.14. The highest BCUT2D eigenvalue weighted by atomic mass is 16.7. The van der Waals surface area contributed by atoms with Crippen molar-refractivity contribution < 1.29 is 14.2 Å². The Morgan fingerprint density at radius 3 is 2.83 bits per heavy atom. The van der Waals surface area contributed by atoms with Crippen molar-refractivity contribution in [2.75, 3.05) is 6.54 Å². The highest BCUT2D eigenvalue weighted by Crippen LogP contribution is 2.32. The third-order valence-corrected chi connectivity index (χ3v) is 4.17. The zero-order valence-corrected chi connectivity index (χ0v) is 13.0. The van der Waals surface area contributed by atoms with E-state index in [0.29, 0.717) is 12.3 Å². The van der Waals surface area contributed by atoms with Crippen LogP contribution in [-0.2, 0) is 16.1 Å². The zero-order valence-electron chi connectivity index (χ0n) is 13.0. The fraction of sp³-hybridized carbons (Fsp3) is 0.412. The van der Waals surface area contributed by atoms with E-state index >= 15 is 0 Å². The van der Waals surface area contributed by atoms with Gasteiger partial charge in [0.15, 0.2) is 0 Å². The van der Waals surface area contributed by atoms with Crippen LogP contribution >= 0.6 is 0 Å². The Kier molecular flexibility index (Phi) is 4.62. The molecule has 1 aliphatic rings. The molecule has 0 amide bonds. The van der Waals surface area contributed by atoms with Gasteiger partial charge in [-0.3, -0.25) is 9.59 Å². The first-order valence-electron chi connectivity index (χ1n) is 7.79. The van der Waals surface area contributed by atoms with Crippen molar-refractivity contribution >= 4 is 5.97 Å². The third-order valence-electron chi connectivity index (χ3n) is 4.17. The Hall–Kier alpha value is -2.34. The van der Waals surface area contributed by atoms with E-state index in [9.17, 15) is 9.59 Å². The van der Waals surface area contributed by atoms with E-state index in [1.165, 1.54) is 18.6 Å². The van der Waals surface area contributed by atoms with Crippen molar-refractivity contribution in [2.24, 2.45) is 0 Å². The van der Waals surface area contributed by atoms with Crippen LogP contribution in [0, 0.1) is 0 Å². The molecule has 0 saturated carbocycles. The molecule has 2 aromatic rings. The van der Waals surface area contributed by atoms with Crippen molar-refractivity contribution in [3.05, 3.63) is 58.1 Å². The average molecular weight is 316 g/mol. The number of carbonyl (C=O) groups excluding carboxylic acids is 1. The van der Waals surface area contributed by atoms with Crippen molar-refractivity contribution in [3.63, 3.8) is 0 Å². The van der Waals surface area contributed by atoms with Crippen LogP contribution in [0.15, 0.2) is 45.7 Å². The molecule has 23 heavy (non-hydrogen) atoms. The number of rotatable bonds is 4. The first-order valence-corrected chi connectivity index (χ1v) is 7.79. The van der Waals surface area contributed by atoms with Crippen LogP contribution in [-0.4, -0.2) is 28.8 Å². The summed E-state index contributed by atoms with van der Waals surface area (Å²) in [4.78, 5) is 28.0. The minimum atomic E-state index is -0.310. The summed E-state index contributed by atoms with van der Waals surface area (Å²) < 4.78 is 5.25. The molecule has 6 heteroatoms. The molecule has 1 N–H and O–H groups in total. The van der Waals surface area contributed by atoms with Gasteiger partial charge < -0.3 is 9.36 Å². The lowest BCUT2D eigenvalue weighted by Crippen LogP contribution is -2.44. The Labute approximate surface area is 134 Å². The molecule has 3 rings (SSSR count). The topological polar surface area (TPSA) is 75.5 Å². The number of hydrogen-bond donors (Lipinski definition) is 1. The summed E-state index contributed by atoms with van der Waals surface area (Å²) in [6.45, 7) is 2.04. The van der Waals surface area contributed by atoms with Crippen LogP contribution in [0.25, 0.3) is 0 Å². The van der Waals surface area contributed by atoms with Gasteiger partial charge in [-0.05, 0) is 24.8 Å². The average Bonchev–Trinajstić information content (AvgIpc) is 2.96. The van der Waals surface area contributed by atoms with E-state index in [4.69, 9.17) is 9.36 Å². The first-order chi connectivity index (χ1) is 11.1. The van der Waals surface area contributed by atoms with Gasteiger partial charge in [0.25, 0.3) is 5.56 Å². The molecule has 1 aromatic heterocycles. The number of aromatic amines is 1. The molecule has 1 aromatic carbocycles. The molecule has 0 unspecified atom stereocenters. The van der Waals surface area contributed by atoms with E-state index in [1.54, 1.807) is 5.06 Å². The standard InChI is InChI=1S/C17H20N2O4/c1-12(20)23-19-8-7-14(16-11-17(21)18-22-16)10-15(19)9-13-5-3-2-4-6-13/h2-6,11,14-15H,7-10H2,1H3,(H,18,21)/t14-,15-/m1/s1. The molecule has 6 nitrogen and oxygen atoms in total. The van der Waals surface area contributed by atoms with Crippen molar-refractivity contribution in [3.8, 4) is 0 Å². The minimum absolute atomic E-state index is 0.0558. The number of nitrogens with zero attached hydrogens (tertiary/aromatic N) is 1. The van der Waals surface area contributed by atoms with E-state index < -0.39 is 0 Å². The van der Waals surface area contributed by atoms with Gasteiger partial charge in [0.2, 0.25) is 0 Å². The maximum Gasteiger partial charge on any atom is 0.322 e. The van der Waals surface area contributed by atoms with E-state index in [-0.39, 0.29) is 23.5 Å². The Morgan fingerprint density at radius 2 is 2.17 bits per heavy atom. The molecule has 0 spiro atoms. The zero-order chi connectivity index (χ0) is 16.2. The lowest BCUT2D eigenvalue weighted by atomic mass is 9.87. The summed E-state index contributed by atoms with van der Waals surface area (Å²) in [7, 11) is 0. The number of nitrogens with one attached hydrogen (secondary N) is 1. The number of carbonyl (C=O) groups is 1. The van der Waals surface area contributed by atoms with Gasteiger partial charge in [-0.25, -0.2) is 0 Å². The fourth-order valence-corrected chi connectivity index (χ4v) is 3.14. The molecule has 0 radical (unpaired) electrons. The Bertz CT molecular complexity index is 707. The SMILES string of the molecule is CC(=O)ON1CC[C@@H](c2cc(=O)[nH]o2)C[C@H]1Cc1ccccc1. The van der Waals surface area contributed by atoms with Crippen LogP contribution in [0.3, 0.4) is 0 Å². The van der Waals surface area contributed by atoms with Gasteiger partial charge in [0.1, 0.15) is 5.76 Å². The summed E-state index contributed by atoms with van der Waals surface area (Å²) >= 11 is 0. The van der Waals surface area contributed by atoms with E-state index in [1.807, 2.05) is 18.2 Å². The summed E-state index contributed by atoms with van der Waals surface area (Å²) in [6.07, 6.45) is 2.32. The Balaban J connectivity index is 1.76. The molecular weight excluding hydrogens is 296 g/mol. The predicted molar refractivity (Wildman–Crippen MR) is 83.7 cm³/mol. The molecule has 1 saturated heterocycles. The van der Waals surface area contributed by atoms with Gasteiger partial charge >= 0.3 is 5.97 Å². The van der Waals surface area contributed by atoms with Crippen LogP contribution in [0.5, 0.6) is 0 Å². The number of hydroxylamine groups is 2. The second-order valence-electron chi connectivity index (χ2n) is 5.90. The number of H-pyrrole nitrogens is 1. The first kappa shape index (κ1) is 15.6. The minimum Gasteiger partial charge on any atom is -0.383 e.